The van der Waals surface area contributed by atoms with Gasteiger partial charge in [0.05, 0.1) is 0 Å². The summed E-state index contributed by atoms with van der Waals surface area (Å²) in [6.07, 6.45) is 3.36. The molecule has 0 N–H and O–H groups in total. The van der Waals surface area contributed by atoms with Crippen LogP contribution in [0, 0.1) is 0 Å². The maximum absolute atomic E-state index is 2.60. The van der Waals surface area contributed by atoms with Crippen molar-refractivity contribution in [3.05, 3.63) is 415 Å². The molecular weight excluding hydrogens is 1030 g/mol. The van der Waals surface area contributed by atoms with E-state index in [4.69, 9.17) is 0 Å². The van der Waals surface area contributed by atoms with Crippen molar-refractivity contribution >= 4 is 0 Å². The molecule has 0 nitrogen and oxygen atoms in total. The number of fused-ring (bicyclic) bond motifs is 12. The second-order valence-corrected chi connectivity index (χ2v) is 24.5. The van der Waals surface area contributed by atoms with Gasteiger partial charge >= 0.3 is 0 Å². The van der Waals surface area contributed by atoms with Gasteiger partial charge in [-0.25, -0.2) is 0 Å². The van der Waals surface area contributed by atoms with E-state index in [1.165, 1.54) is 156 Å². The Morgan fingerprint density at radius 3 is 0.477 bits per heavy atom. The lowest BCUT2D eigenvalue weighted by Gasteiger charge is -2.20. The fraction of sp³-hybridized carbons (Fsp3) is 0.0930. The van der Waals surface area contributed by atoms with Gasteiger partial charge in [0.2, 0.25) is 0 Å². The SMILES string of the molecule is c1ccc2c(c1)-c1ccccc1C2c1ccc(Cc2cc(Cc3ccc(C4c5ccccc5-c5ccccc54)cc3)c(Cc3ccc(C4c5ccccc5-c5ccccc54)cc3)cc2Cc2ccc(C3c4ccccc4-c4ccccc43)cc2)cc1. The molecular formula is C86H62. The van der Waals surface area contributed by atoms with Gasteiger partial charge in [0.25, 0.3) is 0 Å². The van der Waals surface area contributed by atoms with Crippen LogP contribution in [-0.4, -0.2) is 0 Å². The highest BCUT2D eigenvalue weighted by Gasteiger charge is 2.33. The second-order valence-electron chi connectivity index (χ2n) is 24.5. The molecule has 406 valence electrons. The van der Waals surface area contributed by atoms with Gasteiger partial charge in [-0.15, -0.1) is 0 Å². The van der Waals surface area contributed by atoms with E-state index in [1.54, 1.807) is 0 Å². The Morgan fingerprint density at radius 2 is 0.314 bits per heavy atom. The third kappa shape index (κ3) is 8.57. The zero-order valence-electron chi connectivity index (χ0n) is 48.0. The molecule has 86 heavy (non-hydrogen) atoms. The molecule has 0 saturated heterocycles. The summed E-state index contributed by atoms with van der Waals surface area (Å²) in [5, 5.41) is 0. The lowest BCUT2D eigenvalue weighted by atomic mass is 9.84. The van der Waals surface area contributed by atoms with E-state index >= 15 is 0 Å². The molecule has 0 unspecified atom stereocenters. The zero-order chi connectivity index (χ0) is 56.7. The molecule has 0 bridgehead atoms. The molecule has 4 aliphatic rings. The topological polar surface area (TPSA) is 0 Å². The fourth-order valence-electron chi connectivity index (χ4n) is 15.7. The van der Waals surface area contributed by atoms with Crippen molar-refractivity contribution in [2.24, 2.45) is 0 Å². The summed E-state index contributed by atoms with van der Waals surface area (Å²) in [6.45, 7) is 0. The summed E-state index contributed by atoms with van der Waals surface area (Å²) in [5.41, 5.74) is 38.2. The monoisotopic (exact) mass is 1090 g/mol. The minimum absolute atomic E-state index is 0.218. The molecule has 0 radical (unpaired) electrons. The van der Waals surface area contributed by atoms with E-state index in [1.807, 2.05) is 0 Å². The summed E-state index contributed by atoms with van der Waals surface area (Å²) >= 11 is 0. The normalized spacial score (nSPS) is 13.6. The van der Waals surface area contributed by atoms with Crippen molar-refractivity contribution in [2.75, 3.05) is 0 Å². The van der Waals surface area contributed by atoms with E-state index in [9.17, 15) is 0 Å². The average Bonchev–Trinajstić information content (AvgIpc) is 3.27. The molecule has 13 aromatic carbocycles. The highest BCUT2D eigenvalue weighted by atomic mass is 14.4. The molecule has 0 heteroatoms. The van der Waals surface area contributed by atoms with Crippen LogP contribution in [0.4, 0.5) is 0 Å². The van der Waals surface area contributed by atoms with Crippen LogP contribution in [0.5, 0.6) is 0 Å². The maximum atomic E-state index is 2.60. The van der Waals surface area contributed by atoms with Crippen LogP contribution in [0.1, 0.15) is 135 Å². The number of rotatable bonds is 12. The first-order chi connectivity index (χ1) is 42.6. The van der Waals surface area contributed by atoms with Gasteiger partial charge < -0.3 is 0 Å². The number of benzene rings is 13. The van der Waals surface area contributed by atoms with Gasteiger partial charge in [0.1, 0.15) is 0 Å². The Balaban J connectivity index is 0.756. The van der Waals surface area contributed by atoms with Gasteiger partial charge in [-0.3, -0.25) is 0 Å². The zero-order valence-corrected chi connectivity index (χ0v) is 48.0. The predicted octanol–water partition coefficient (Wildman–Crippen LogP) is 20.7. The largest absolute Gasteiger partial charge is 0.0619 e. The van der Waals surface area contributed by atoms with Gasteiger partial charge in [-0.1, -0.05) is 303 Å². The van der Waals surface area contributed by atoms with E-state index in [0.29, 0.717) is 0 Å². The Bertz CT molecular complexity index is 3960. The van der Waals surface area contributed by atoms with E-state index in [-0.39, 0.29) is 23.7 Å². The highest BCUT2D eigenvalue weighted by Crippen LogP contribution is 2.52. The van der Waals surface area contributed by atoms with Gasteiger partial charge in [0.15, 0.2) is 0 Å². The van der Waals surface area contributed by atoms with Crippen LogP contribution in [0.3, 0.4) is 0 Å². The molecule has 13 aromatic rings. The summed E-state index contributed by atoms with van der Waals surface area (Å²) in [5.74, 6) is 0.872. The van der Waals surface area contributed by atoms with Crippen LogP contribution in [0.25, 0.3) is 44.5 Å². The van der Waals surface area contributed by atoms with Gasteiger partial charge in [-0.2, -0.15) is 0 Å². The van der Waals surface area contributed by atoms with Gasteiger partial charge in [-0.05, 0) is 181 Å². The summed E-state index contributed by atoms with van der Waals surface area (Å²) in [7, 11) is 0. The van der Waals surface area contributed by atoms with Crippen LogP contribution < -0.4 is 0 Å². The molecule has 4 aliphatic carbocycles. The molecule has 0 heterocycles. The van der Waals surface area contributed by atoms with Crippen molar-refractivity contribution in [2.45, 2.75) is 49.4 Å². The van der Waals surface area contributed by atoms with Crippen molar-refractivity contribution in [3.8, 4) is 44.5 Å². The highest BCUT2D eigenvalue weighted by molar-refractivity contribution is 5.84. The molecule has 0 atom stereocenters. The maximum Gasteiger partial charge on any atom is 0.0352 e. The summed E-state index contributed by atoms with van der Waals surface area (Å²) < 4.78 is 0. The standard InChI is InChI=1S/C86H62/c1-9-25-75-67(17-1)68-18-2-10-26-76(68)83(75)59-41-33-55(34-42-59)49-63-53-65(51-57-37-45-61(46-38-57)85-79-29-13-5-21-71(79)72-22-6-14-30-80(72)85)66(52-58-39-47-62(48-40-58)86-81-31-15-7-23-73(81)74-24-8-16-32-82(74)86)54-64(63)50-56-35-43-60(44-36-56)84-77-27-11-3-19-69(77)70-20-4-12-28-78(70)84/h1-48,53-54,83-86H,49-52H2. The predicted molar refractivity (Wildman–Crippen MR) is 355 cm³/mol. The summed E-state index contributed by atoms with van der Waals surface area (Å²) in [4.78, 5) is 0. The minimum Gasteiger partial charge on any atom is -0.0619 e. The quantitative estimate of drug-likeness (QED) is 0.114. The summed E-state index contributed by atoms with van der Waals surface area (Å²) in [6, 6.07) is 116. The third-order valence-electron chi connectivity index (χ3n) is 19.7. The first-order valence-electron chi connectivity index (χ1n) is 30.9. The van der Waals surface area contributed by atoms with Gasteiger partial charge in [0, 0.05) is 23.7 Å². The fourth-order valence-corrected chi connectivity index (χ4v) is 15.7. The van der Waals surface area contributed by atoms with Crippen LogP contribution >= 0.6 is 0 Å². The minimum atomic E-state index is 0.218. The Morgan fingerprint density at radius 1 is 0.163 bits per heavy atom. The van der Waals surface area contributed by atoms with Crippen molar-refractivity contribution in [1.29, 1.82) is 0 Å². The third-order valence-corrected chi connectivity index (χ3v) is 19.7. The average molecular weight is 1100 g/mol. The molecule has 0 aliphatic heterocycles. The first-order valence-corrected chi connectivity index (χ1v) is 30.9. The lowest BCUT2D eigenvalue weighted by molar-refractivity contribution is 0.991. The first kappa shape index (κ1) is 50.4. The Hall–Kier alpha value is -10.1. The van der Waals surface area contributed by atoms with Crippen molar-refractivity contribution in [1.82, 2.24) is 0 Å². The molecule has 0 saturated carbocycles. The second kappa shape index (κ2) is 20.9. The van der Waals surface area contributed by atoms with Crippen molar-refractivity contribution < 1.29 is 0 Å². The molecule has 0 fully saturated rings. The van der Waals surface area contributed by atoms with E-state index in [0.717, 1.165) is 25.7 Å². The van der Waals surface area contributed by atoms with Crippen molar-refractivity contribution in [3.63, 3.8) is 0 Å². The molecule has 0 amide bonds. The number of hydrogen-bond acceptors (Lipinski definition) is 0. The smallest absolute Gasteiger partial charge is 0.0352 e. The van der Waals surface area contributed by atoms with Crippen LogP contribution in [-0.2, 0) is 25.7 Å². The Labute approximate surface area is 505 Å². The van der Waals surface area contributed by atoms with E-state index in [2.05, 4.69) is 303 Å². The number of hydrogen-bond donors (Lipinski definition) is 0. The molecule has 17 rings (SSSR count). The lowest BCUT2D eigenvalue weighted by Crippen LogP contribution is -2.06. The van der Waals surface area contributed by atoms with Crippen LogP contribution in [0.2, 0.25) is 0 Å². The Kier molecular flexibility index (Phi) is 12.2. The van der Waals surface area contributed by atoms with E-state index < -0.39 is 0 Å². The molecule has 0 aromatic heterocycles. The molecule has 0 spiro atoms. The van der Waals surface area contributed by atoms with Crippen LogP contribution in [0.15, 0.2) is 303 Å².